The third-order valence-corrected chi connectivity index (χ3v) is 6.38. The number of nitrogens with zero attached hydrogens (tertiary/aromatic N) is 1. The molecule has 0 aliphatic carbocycles. The molecule has 7 nitrogen and oxygen atoms in total. The van der Waals surface area contributed by atoms with Crippen molar-refractivity contribution in [2.45, 2.75) is 4.90 Å². The van der Waals surface area contributed by atoms with Crippen LogP contribution in [0.25, 0.3) is 0 Å². The fourth-order valence-electron chi connectivity index (χ4n) is 2.84. The third-order valence-electron chi connectivity index (χ3n) is 4.60. The lowest BCUT2D eigenvalue weighted by Gasteiger charge is -2.20. The molecular weight excluding hydrogens is 423 g/mol. The van der Waals surface area contributed by atoms with E-state index >= 15 is 0 Å². The predicted molar refractivity (Wildman–Crippen MR) is 116 cm³/mol. The smallest absolute Gasteiger partial charge is 0.264 e. The van der Waals surface area contributed by atoms with Crippen LogP contribution in [0.5, 0.6) is 11.5 Å². The van der Waals surface area contributed by atoms with E-state index in [2.05, 4.69) is 5.32 Å². The number of sulfonamides is 1. The maximum absolute atomic E-state index is 13.2. The SMILES string of the molecule is COc1ccc(NC(=O)c2cccc(S(=O)(=O)N(C)c3ccc(F)cc3)c2)c(OC)c1. The number of carbonyl (C=O) groups excluding carboxylic acids is 1. The van der Waals surface area contributed by atoms with Crippen molar-refractivity contribution >= 4 is 27.3 Å². The Labute approximate surface area is 180 Å². The normalized spacial score (nSPS) is 11.0. The average Bonchev–Trinajstić information content (AvgIpc) is 2.79. The van der Waals surface area contributed by atoms with Crippen LogP contribution in [0, 0.1) is 5.82 Å². The Bertz CT molecular complexity index is 1200. The van der Waals surface area contributed by atoms with E-state index in [9.17, 15) is 17.6 Å². The highest BCUT2D eigenvalue weighted by molar-refractivity contribution is 7.92. The molecule has 3 aromatic carbocycles. The van der Waals surface area contributed by atoms with Crippen molar-refractivity contribution in [3.63, 3.8) is 0 Å². The summed E-state index contributed by atoms with van der Waals surface area (Å²) in [7, 11) is 0.370. The molecule has 0 saturated carbocycles. The zero-order valence-electron chi connectivity index (χ0n) is 17.1. The molecule has 0 radical (unpaired) electrons. The second-order valence-electron chi connectivity index (χ2n) is 6.50. The highest BCUT2D eigenvalue weighted by Gasteiger charge is 2.23. The summed E-state index contributed by atoms with van der Waals surface area (Å²) in [4.78, 5) is 12.7. The van der Waals surface area contributed by atoms with Gasteiger partial charge in [-0.1, -0.05) is 6.07 Å². The first-order chi connectivity index (χ1) is 14.8. The average molecular weight is 444 g/mol. The highest BCUT2D eigenvalue weighted by Crippen LogP contribution is 2.30. The molecule has 0 fully saturated rings. The zero-order chi connectivity index (χ0) is 22.6. The first-order valence-electron chi connectivity index (χ1n) is 9.14. The van der Waals surface area contributed by atoms with E-state index < -0.39 is 21.7 Å². The lowest BCUT2D eigenvalue weighted by atomic mass is 10.2. The van der Waals surface area contributed by atoms with Gasteiger partial charge in [-0.05, 0) is 54.6 Å². The first-order valence-corrected chi connectivity index (χ1v) is 10.6. The Morgan fingerprint density at radius 1 is 0.968 bits per heavy atom. The number of nitrogens with one attached hydrogen (secondary N) is 1. The Morgan fingerprint density at radius 3 is 2.32 bits per heavy atom. The minimum absolute atomic E-state index is 0.0753. The number of hydrogen-bond donors (Lipinski definition) is 1. The van der Waals surface area contributed by atoms with Gasteiger partial charge >= 0.3 is 0 Å². The molecule has 0 atom stereocenters. The van der Waals surface area contributed by atoms with Crippen molar-refractivity contribution in [1.82, 2.24) is 0 Å². The number of hydrogen-bond acceptors (Lipinski definition) is 5. The van der Waals surface area contributed by atoms with Gasteiger partial charge in [0.1, 0.15) is 17.3 Å². The molecule has 162 valence electrons. The van der Waals surface area contributed by atoms with Crippen LogP contribution in [-0.2, 0) is 10.0 Å². The lowest BCUT2D eigenvalue weighted by Crippen LogP contribution is -2.27. The quantitative estimate of drug-likeness (QED) is 0.597. The molecule has 0 unspecified atom stereocenters. The fraction of sp³-hybridized carbons (Fsp3) is 0.136. The van der Waals surface area contributed by atoms with E-state index in [-0.39, 0.29) is 10.5 Å². The molecule has 0 aliphatic rings. The standard InChI is InChI=1S/C22H21FN2O5S/c1-25(17-9-7-16(23)8-10-17)31(27,28)19-6-4-5-15(13-19)22(26)24-20-12-11-18(29-2)14-21(20)30-3/h4-14H,1-3H3,(H,24,26). The molecule has 3 rings (SSSR count). The summed E-state index contributed by atoms with van der Waals surface area (Å²) in [6, 6.07) is 15.6. The van der Waals surface area contributed by atoms with Gasteiger partial charge in [0.05, 0.1) is 30.5 Å². The predicted octanol–water partition coefficient (Wildman–Crippen LogP) is 3.92. The Hall–Kier alpha value is -3.59. The number of rotatable bonds is 7. The molecule has 1 amide bonds. The van der Waals surface area contributed by atoms with Gasteiger partial charge in [0.15, 0.2) is 0 Å². The fourth-order valence-corrected chi connectivity index (χ4v) is 4.08. The van der Waals surface area contributed by atoms with Gasteiger partial charge in [-0.25, -0.2) is 12.8 Å². The van der Waals surface area contributed by atoms with Crippen LogP contribution in [0.4, 0.5) is 15.8 Å². The van der Waals surface area contributed by atoms with Crippen LogP contribution in [0.1, 0.15) is 10.4 Å². The van der Waals surface area contributed by atoms with Crippen molar-refractivity contribution in [2.24, 2.45) is 0 Å². The van der Waals surface area contributed by atoms with Gasteiger partial charge in [-0.2, -0.15) is 0 Å². The van der Waals surface area contributed by atoms with Gasteiger partial charge < -0.3 is 14.8 Å². The molecule has 31 heavy (non-hydrogen) atoms. The van der Waals surface area contributed by atoms with Crippen LogP contribution in [-0.4, -0.2) is 35.6 Å². The number of ether oxygens (including phenoxy) is 2. The summed E-state index contributed by atoms with van der Waals surface area (Å²) in [6.07, 6.45) is 0. The topological polar surface area (TPSA) is 84.9 Å². The number of benzene rings is 3. The molecular formula is C22H21FN2O5S. The Morgan fingerprint density at radius 2 is 1.68 bits per heavy atom. The summed E-state index contributed by atoms with van der Waals surface area (Å²) in [5.41, 5.74) is 0.843. The molecule has 1 N–H and O–H groups in total. The summed E-state index contributed by atoms with van der Waals surface area (Å²) < 4.78 is 50.6. The highest BCUT2D eigenvalue weighted by atomic mass is 32.2. The van der Waals surface area contributed by atoms with Crippen LogP contribution in [0.15, 0.2) is 71.6 Å². The van der Waals surface area contributed by atoms with Crippen molar-refractivity contribution in [1.29, 1.82) is 0 Å². The van der Waals surface area contributed by atoms with E-state index in [0.29, 0.717) is 22.9 Å². The summed E-state index contributed by atoms with van der Waals surface area (Å²) in [5.74, 6) is -0.0218. The Balaban J connectivity index is 1.87. The first kappa shape index (κ1) is 22.1. The largest absolute Gasteiger partial charge is 0.497 e. The van der Waals surface area contributed by atoms with E-state index in [1.54, 1.807) is 18.2 Å². The number of carbonyl (C=O) groups is 1. The maximum Gasteiger partial charge on any atom is 0.264 e. The van der Waals surface area contributed by atoms with Gasteiger partial charge in [0, 0.05) is 18.7 Å². The second kappa shape index (κ2) is 9.05. The van der Waals surface area contributed by atoms with Gasteiger partial charge in [0.25, 0.3) is 15.9 Å². The molecule has 0 aliphatic heterocycles. The maximum atomic E-state index is 13.2. The summed E-state index contributed by atoms with van der Waals surface area (Å²) in [6.45, 7) is 0. The van der Waals surface area contributed by atoms with Gasteiger partial charge in [-0.15, -0.1) is 0 Å². The summed E-state index contributed by atoms with van der Waals surface area (Å²) >= 11 is 0. The third kappa shape index (κ3) is 4.77. The monoisotopic (exact) mass is 444 g/mol. The van der Waals surface area contributed by atoms with Crippen molar-refractivity contribution in [3.8, 4) is 11.5 Å². The number of anilines is 2. The molecule has 0 heterocycles. The van der Waals surface area contributed by atoms with Crippen LogP contribution in [0.2, 0.25) is 0 Å². The van der Waals surface area contributed by atoms with Crippen molar-refractivity contribution < 1.29 is 27.1 Å². The minimum atomic E-state index is -3.97. The zero-order valence-corrected chi connectivity index (χ0v) is 17.9. The van der Waals surface area contributed by atoms with E-state index in [0.717, 1.165) is 4.31 Å². The van der Waals surface area contributed by atoms with Gasteiger partial charge in [0.2, 0.25) is 0 Å². The molecule has 3 aromatic rings. The van der Waals surface area contributed by atoms with E-state index in [1.165, 1.54) is 69.8 Å². The second-order valence-corrected chi connectivity index (χ2v) is 8.47. The van der Waals surface area contributed by atoms with Crippen molar-refractivity contribution in [2.75, 3.05) is 30.9 Å². The summed E-state index contributed by atoms with van der Waals surface area (Å²) in [5, 5.41) is 2.71. The van der Waals surface area contributed by atoms with Crippen LogP contribution < -0.4 is 19.1 Å². The molecule has 0 bridgehead atoms. The van der Waals surface area contributed by atoms with E-state index in [1.807, 2.05) is 0 Å². The van der Waals surface area contributed by atoms with Crippen LogP contribution >= 0.6 is 0 Å². The van der Waals surface area contributed by atoms with E-state index in [4.69, 9.17) is 9.47 Å². The van der Waals surface area contributed by atoms with Gasteiger partial charge in [-0.3, -0.25) is 9.10 Å². The molecule has 0 spiro atoms. The number of methoxy groups -OCH3 is 2. The number of halogens is 1. The molecule has 9 heteroatoms. The lowest BCUT2D eigenvalue weighted by molar-refractivity contribution is 0.102. The Kier molecular flexibility index (Phi) is 6.45. The molecule has 0 aromatic heterocycles. The molecule has 0 saturated heterocycles. The van der Waals surface area contributed by atoms with Crippen molar-refractivity contribution in [3.05, 3.63) is 78.1 Å². The number of amides is 1. The van der Waals surface area contributed by atoms with Crippen LogP contribution in [0.3, 0.4) is 0 Å². The minimum Gasteiger partial charge on any atom is -0.497 e.